The molecule has 1 aliphatic rings. The van der Waals surface area contributed by atoms with Gasteiger partial charge in [0, 0.05) is 26.2 Å². The van der Waals surface area contributed by atoms with Crippen LogP contribution in [-0.2, 0) is 11.3 Å². The van der Waals surface area contributed by atoms with Crippen molar-refractivity contribution in [2.24, 2.45) is 0 Å². The normalized spacial score (nSPS) is 20.8. The minimum atomic E-state index is 0.260. The van der Waals surface area contributed by atoms with E-state index in [1.807, 2.05) is 6.07 Å². The van der Waals surface area contributed by atoms with E-state index in [2.05, 4.69) is 40.3 Å². The lowest BCUT2D eigenvalue weighted by atomic mass is 10.3. The lowest BCUT2D eigenvalue weighted by molar-refractivity contribution is 0.0820. The SMILES string of the molecule is CCNCc1ccc(N2CCCOC(C)C2)nn1. The van der Waals surface area contributed by atoms with E-state index in [1.54, 1.807) is 0 Å². The van der Waals surface area contributed by atoms with Crippen LogP contribution >= 0.6 is 0 Å². The van der Waals surface area contributed by atoms with Gasteiger partial charge in [-0.2, -0.15) is 5.10 Å². The quantitative estimate of drug-likeness (QED) is 0.870. The molecule has 1 fully saturated rings. The predicted molar refractivity (Wildman–Crippen MR) is 71.7 cm³/mol. The van der Waals surface area contributed by atoms with E-state index in [9.17, 15) is 0 Å². The van der Waals surface area contributed by atoms with Gasteiger partial charge in [-0.1, -0.05) is 6.92 Å². The monoisotopic (exact) mass is 250 g/mol. The summed E-state index contributed by atoms with van der Waals surface area (Å²) in [4.78, 5) is 2.25. The molecule has 0 bridgehead atoms. The topological polar surface area (TPSA) is 50.3 Å². The van der Waals surface area contributed by atoms with Crippen molar-refractivity contribution in [2.75, 3.05) is 31.1 Å². The fourth-order valence-electron chi connectivity index (χ4n) is 2.07. The minimum Gasteiger partial charge on any atom is -0.377 e. The largest absolute Gasteiger partial charge is 0.377 e. The molecule has 2 heterocycles. The summed E-state index contributed by atoms with van der Waals surface area (Å²) in [5.74, 6) is 0.951. The molecule has 1 aromatic rings. The standard InChI is InChI=1S/C13H22N4O/c1-3-14-9-12-5-6-13(16-15-12)17-7-4-8-18-11(2)10-17/h5-6,11,14H,3-4,7-10H2,1-2H3. The summed E-state index contributed by atoms with van der Waals surface area (Å²) in [5.41, 5.74) is 0.986. The van der Waals surface area contributed by atoms with Crippen LogP contribution in [0.25, 0.3) is 0 Å². The lowest BCUT2D eigenvalue weighted by Gasteiger charge is -2.22. The molecule has 0 spiro atoms. The molecule has 0 radical (unpaired) electrons. The Morgan fingerprint density at radius 3 is 3.06 bits per heavy atom. The molecule has 5 nitrogen and oxygen atoms in total. The third-order valence-corrected chi connectivity index (χ3v) is 3.04. The van der Waals surface area contributed by atoms with Crippen LogP contribution in [-0.4, -0.2) is 42.5 Å². The van der Waals surface area contributed by atoms with Crippen molar-refractivity contribution in [2.45, 2.75) is 32.9 Å². The molecular formula is C13H22N4O. The molecule has 1 unspecified atom stereocenters. The van der Waals surface area contributed by atoms with Gasteiger partial charge in [-0.05, 0) is 32.0 Å². The number of aromatic nitrogens is 2. The summed E-state index contributed by atoms with van der Waals surface area (Å²) in [6.45, 7) is 8.63. The first kappa shape index (κ1) is 13.2. The smallest absolute Gasteiger partial charge is 0.151 e. The van der Waals surface area contributed by atoms with Gasteiger partial charge >= 0.3 is 0 Å². The van der Waals surface area contributed by atoms with E-state index >= 15 is 0 Å². The summed E-state index contributed by atoms with van der Waals surface area (Å²) in [6, 6.07) is 4.10. The van der Waals surface area contributed by atoms with E-state index in [0.717, 1.165) is 50.7 Å². The lowest BCUT2D eigenvalue weighted by Crippen LogP contribution is -2.31. The Balaban J connectivity index is 1.99. The van der Waals surface area contributed by atoms with Gasteiger partial charge in [0.25, 0.3) is 0 Å². The van der Waals surface area contributed by atoms with Gasteiger partial charge in [0.2, 0.25) is 0 Å². The molecule has 0 amide bonds. The Labute approximate surface area is 109 Å². The fraction of sp³-hybridized carbons (Fsp3) is 0.692. The van der Waals surface area contributed by atoms with Crippen LogP contribution in [0.2, 0.25) is 0 Å². The maximum Gasteiger partial charge on any atom is 0.151 e. The van der Waals surface area contributed by atoms with Crippen LogP contribution in [0.3, 0.4) is 0 Å². The molecule has 0 aromatic carbocycles. The molecule has 18 heavy (non-hydrogen) atoms. The summed E-state index contributed by atoms with van der Waals surface area (Å²) in [7, 11) is 0. The van der Waals surface area contributed by atoms with Crippen molar-refractivity contribution in [1.29, 1.82) is 0 Å². The number of ether oxygens (including phenoxy) is 1. The summed E-state index contributed by atoms with van der Waals surface area (Å²) in [6.07, 6.45) is 1.31. The van der Waals surface area contributed by atoms with Gasteiger partial charge in [0.1, 0.15) is 0 Å². The van der Waals surface area contributed by atoms with Crippen LogP contribution in [0.15, 0.2) is 12.1 Å². The number of nitrogens with one attached hydrogen (secondary N) is 1. The molecular weight excluding hydrogens is 228 g/mol. The van der Waals surface area contributed by atoms with Crippen LogP contribution in [0.5, 0.6) is 0 Å². The summed E-state index contributed by atoms with van der Waals surface area (Å²) < 4.78 is 5.63. The first-order chi connectivity index (χ1) is 8.79. The molecule has 100 valence electrons. The van der Waals surface area contributed by atoms with Crippen LogP contribution in [0, 0.1) is 0 Å². The second-order valence-electron chi connectivity index (χ2n) is 4.64. The third kappa shape index (κ3) is 3.65. The Morgan fingerprint density at radius 1 is 1.44 bits per heavy atom. The average molecular weight is 250 g/mol. The van der Waals surface area contributed by atoms with Crippen molar-refractivity contribution in [1.82, 2.24) is 15.5 Å². The molecule has 0 aliphatic carbocycles. The zero-order chi connectivity index (χ0) is 12.8. The highest BCUT2D eigenvalue weighted by molar-refractivity contribution is 5.37. The maximum absolute atomic E-state index is 5.63. The van der Waals surface area contributed by atoms with Crippen LogP contribution in [0.4, 0.5) is 5.82 Å². The van der Waals surface area contributed by atoms with E-state index in [1.165, 1.54) is 0 Å². The molecule has 1 aromatic heterocycles. The highest BCUT2D eigenvalue weighted by Gasteiger charge is 2.16. The summed E-state index contributed by atoms with van der Waals surface area (Å²) >= 11 is 0. The van der Waals surface area contributed by atoms with Crippen LogP contribution in [0.1, 0.15) is 26.0 Å². The zero-order valence-electron chi connectivity index (χ0n) is 11.2. The van der Waals surface area contributed by atoms with E-state index < -0.39 is 0 Å². The maximum atomic E-state index is 5.63. The van der Waals surface area contributed by atoms with Crippen molar-refractivity contribution in [3.05, 3.63) is 17.8 Å². The van der Waals surface area contributed by atoms with E-state index in [-0.39, 0.29) is 6.10 Å². The molecule has 2 rings (SSSR count). The Bertz CT molecular complexity index is 355. The summed E-state index contributed by atoms with van der Waals surface area (Å²) in [5, 5.41) is 11.8. The predicted octanol–water partition coefficient (Wildman–Crippen LogP) is 1.20. The Kier molecular flexibility index (Phi) is 4.90. The Morgan fingerprint density at radius 2 is 2.33 bits per heavy atom. The second-order valence-corrected chi connectivity index (χ2v) is 4.64. The number of anilines is 1. The van der Waals surface area contributed by atoms with Gasteiger partial charge in [-0.15, -0.1) is 5.10 Å². The van der Waals surface area contributed by atoms with Crippen molar-refractivity contribution in [3.8, 4) is 0 Å². The molecule has 1 aliphatic heterocycles. The van der Waals surface area contributed by atoms with E-state index in [4.69, 9.17) is 4.74 Å². The highest BCUT2D eigenvalue weighted by atomic mass is 16.5. The number of hydrogen-bond donors (Lipinski definition) is 1. The highest BCUT2D eigenvalue weighted by Crippen LogP contribution is 2.14. The van der Waals surface area contributed by atoms with Gasteiger partial charge in [0.05, 0.1) is 11.8 Å². The van der Waals surface area contributed by atoms with Gasteiger partial charge in [0.15, 0.2) is 5.82 Å². The van der Waals surface area contributed by atoms with Crippen molar-refractivity contribution < 1.29 is 4.74 Å². The zero-order valence-corrected chi connectivity index (χ0v) is 11.2. The molecule has 0 saturated carbocycles. The van der Waals surface area contributed by atoms with Crippen molar-refractivity contribution in [3.63, 3.8) is 0 Å². The number of rotatable bonds is 4. The fourth-order valence-corrected chi connectivity index (χ4v) is 2.07. The molecule has 1 N–H and O–H groups in total. The van der Waals surface area contributed by atoms with Gasteiger partial charge in [-0.3, -0.25) is 0 Å². The van der Waals surface area contributed by atoms with Crippen LogP contribution < -0.4 is 10.2 Å². The third-order valence-electron chi connectivity index (χ3n) is 3.04. The number of hydrogen-bond acceptors (Lipinski definition) is 5. The molecule has 5 heteroatoms. The first-order valence-corrected chi connectivity index (χ1v) is 6.69. The molecule has 1 atom stereocenters. The molecule has 1 saturated heterocycles. The van der Waals surface area contributed by atoms with Crippen molar-refractivity contribution >= 4 is 5.82 Å². The van der Waals surface area contributed by atoms with Gasteiger partial charge in [-0.25, -0.2) is 0 Å². The van der Waals surface area contributed by atoms with E-state index in [0.29, 0.717) is 0 Å². The van der Waals surface area contributed by atoms with Gasteiger partial charge < -0.3 is 15.0 Å². The first-order valence-electron chi connectivity index (χ1n) is 6.69. The average Bonchev–Trinajstić information content (AvgIpc) is 2.62. The number of nitrogens with zero attached hydrogens (tertiary/aromatic N) is 3. The second kappa shape index (κ2) is 6.66. The Hall–Kier alpha value is -1.20. The minimum absolute atomic E-state index is 0.260.